The number of rotatable bonds is 7. The van der Waals surface area contributed by atoms with Gasteiger partial charge in [-0.25, -0.2) is 19.7 Å². The van der Waals surface area contributed by atoms with E-state index in [1.54, 1.807) is 44.4 Å². The maximum Gasteiger partial charge on any atom is 1.00 e. The molecule has 1 saturated carbocycles. The first-order valence-corrected chi connectivity index (χ1v) is 12.7. The van der Waals surface area contributed by atoms with Gasteiger partial charge >= 0.3 is 30.8 Å². The standard InChI is InChI=1S/C27H29N7O5.Li.2H2O/c1-13-22-16(25(37)39-27(13,4)5)6-7-20(32-22)31-21-10-17-18(11-29-21)23(38-15-8-14(9-15)24(35)36)30-12-19(17)26(2,3)33-34-28;;;/h6-7,10-15H,8-9H2,1-5H3,(H,35,36)(H,29,31,32);;2*1H2/q;+1;;/p-1/t13-,14-,15+;;;/m1.../s1. The van der Waals surface area contributed by atoms with Crippen molar-refractivity contribution in [2.75, 3.05) is 5.32 Å². The van der Waals surface area contributed by atoms with Gasteiger partial charge in [0.2, 0.25) is 5.88 Å². The summed E-state index contributed by atoms with van der Waals surface area (Å²) in [7, 11) is 0. The van der Waals surface area contributed by atoms with E-state index in [-0.39, 0.29) is 41.8 Å². The summed E-state index contributed by atoms with van der Waals surface area (Å²) in [6, 6.07) is 5.19. The molecule has 1 aliphatic carbocycles. The van der Waals surface area contributed by atoms with Crippen LogP contribution >= 0.6 is 0 Å². The van der Waals surface area contributed by atoms with Crippen LogP contribution in [0, 0.1) is 5.92 Å². The summed E-state index contributed by atoms with van der Waals surface area (Å²) < 4.78 is 11.6. The molecule has 0 saturated heterocycles. The molecule has 14 nitrogen and oxygen atoms in total. The summed E-state index contributed by atoms with van der Waals surface area (Å²) in [5.41, 5.74) is 9.28. The molecule has 4 heterocycles. The third-order valence-electron chi connectivity index (χ3n) is 7.62. The summed E-state index contributed by atoms with van der Waals surface area (Å²) in [4.78, 5) is 40.4. The summed E-state index contributed by atoms with van der Waals surface area (Å²) in [5.74, 6) is -0.453. The molecule has 218 valence electrons. The minimum Gasteiger partial charge on any atom is -0.870 e. The molecule has 42 heavy (non-hydrogen) atoms. The molecule has 0 spiro atoms. The van der Waals surface area contributed by atoms with E-state index in [4.69, 9.17) is 20.0 Å². The fourth-order valence-electron chi connectivity index (χ4n) is 4.84. The van der Waals surface area contributed by atoms with E-state index in [1.807, 2.05) is 20.8 Å². The van der Waals surface area contributed by atoms with Crippen molar-refractivity contribution in [1.29, 1.82) is 0 Å². The third-order valence-corrected chi connectivity index (χ3v) is 7.62. The number of azide groups is 1. The average Bonchev–Trinajstić information content (AvgIpc) is 2.83. The molecule has 2 aliphatic rings. The molecule has 0 unspecified atom stereocenters. The Morgan fingerprint density at radius 3 is 2.55 bits per heavy atom. The van der Waals surface area contributed by atoms with Crippen molar-refractivity contribution in [3.05, 3.63) is 57.9 Å². The van der Waals surface area contributed by atoms with Gasteiger partial charge in [-0.3, -0.25) is 4.79 Å². The van der Waals surface area contributed by atoms with Crippen LogP contribution in [0.5, 0.6) is 5.88 Å². The van der Waals surface area contributed by atoms with Gasteiger partial charge < -0.3 is 30.8 Å². The Hall–Kier alpha value is -3.92. The number of carboxylic acid groups (broad SMARTS) is 1. The van der Waals surface area contributed by atoms with Crippen LogP contribution in [0.15, 0.2) is 35.7 Å². The second-order valence-corrected chi connectivity index (χ2v) is 11.1. The fraction of sp³-hybridized carbons (Fsp3) is 0.444. The maximum atomic E-state index is 12.5. The second-order valence-electron chi connectivity index (χ2n) is 11.1. The minimum atomic E-state index is -0.923. The average molecular weight is 574 g/mol. The van der Waals surface area contributed by atoms with Crippen molar-refractivity contribution >= 4 is 34.3 Å². The van der Waals surface area contributed by atoms with Crippen molar-refractivity contribution in [2.24, 2.45) is 11.0 Å². The van der Waals surface area contributed by atoms with Crippen LogP contribution in [0.3, 0.4) is 0 Å². The van der Waals surface area contributed by atoms with Gasteiger partial charge in [0, 0.05) is 23.2 Å². The van der Waals surface area contributed by atoms with Crippen molar-refractivity contribution in [1.82, 2.24) is 15.0 Å². The Balaban J connectivity index is 0.00000205. The smallest absolute Gasteiger partial charge is 0.870 e. The first-order chi connectivity index (χ1) is 18.4. The number of cyclic esters (lactones) is 1. The monoisotopic (exact) mass is 573 g/mol. The van der Waals surface area contributed by atoms with E-state index in [0.29, 0.717) is 58.0 Å². The quantitative estimate of drug-likeness (QED) is 0.136. The molecular formula is C27H32LiN7O7. The van der Waals surface area contributed by atoms with Crippen LogP contribution < -0.4 is 28.9 Å². The molecule has 1 atom stereocenters. The number of fused-ring (bicyclic) bond motifs is 2. The van der Waals surface area contributed by atoms with Crippen molar-refractivity contribution in [3.63, 3.8) is 0 Å². The van der Waals surface area contributed by atoms with Gasteiger partial charge in [0.25, 0.3) is 0 Å². The maximum absolute atomic E-state index is 12.5. The number of aliphatic carboxylic acids is 1. The van der Waals surface area contributed by atoms with E-state index >= 15 is 0 Å². The number of nitrogens with zero attached hydrogens (tertiary/aromatic N) is 6. The largest absolute Gasteiger partial charge is 1.00 e. The van der Waals surface area contributed by atoms with Crippen LogP contribution in [0.25, 0.3) is 21.2 Å². The SMILES string of the molecule is C[C@@H]1c2nc(Nc3cc4c(C(C)(C)N=[N+]=[N-])cnc(O[C@H]5C[C@@H](C(=O)O)C5)c4cn3)ccc2C(=O)OC1(C)C.O.[Li+].[OH-]. The molecule has 3 aromatic rings. The first-order valence-electron chi connectivity index (χ1n) is 12.7. The van der Waals surface area contributed by atoms with Crippen LogP contribution in [0.2, 0.25) is 0 Å². The van der Waals surface area contributed by atoms with E-state index in [1.165, 1.54) is 0 Å². The molecular weight excluding hydrogens is 541 g/mol. The molecule has 0 aromatic carbocycles. The number of aromatic nitrogens is 3. The molecule has 0 radical (unpaired) electrons. The zero-order chi connectivity index (χ0) is 28.1. The normalized spacial score (nSPS) is 20.1. The first kappa shape index (κ1) is 34.3. The molecule has 0 bridgehead atoms. The number of pyridine rings is 3. The Labute approximate surface area is 253 Å². The Morgan fingerprint density at radius 1 is 1.21 bits per heavy atom. The van der Waals surface area contributed by atoms with Gasteiger partial charge in [0.15, 0.2) is 0 Å². The number of hydrogen-bond acceptors (Lipinski definition) is 10. The number of anilines is 2. The molecule has 15 heteroatoms. The van der Waals surface area contributed by atoms with Gasteiger partial charge in [-0.15, -0.1) is 0 Å². The Morgan fingerprint density at radius 2 is 1.90 bits per heavy atom. The van der Waals surface area contributed by atoms with Crippen LogP contribution in [0.4, 0.5) is 11.6 Å². The van der Waals surface area contributed by atoms with Crippen LogP contribution in [-0.2, 0) is 15.1 Å². The molecule has 1 aliphatic heterocycles. The number of ether oxygens (including phenoxy) is 2. The summed E-state index contributed by atoms with van der Waals surface area (Å²) >= 11 is 0. The predicted octanol–water partition coefficient (Wildman–Crippen LogP) is 1.61. The third kappa shape index (κ3) is 6.28. The number of nitrogens with one attached hydrogen (secondary N) is 1. The number of esters is 1. The van der Waals surface area contributed by atoms with Gasteiger partial charge in [-0.1, -0.05) is 25.9 Å². The molecule has 3 aromatic heterocycles. The van der Waals surface area contributed by atoms with Crippen molar-refractivity contribution in [3.8, 4) is 5.88 Å². The molecule has 5 N–H and O–H groups in total. The number of carbonyl (C=O) groups is 2. The second kappa shape index (κ2) is 12.5. The molecule has 5 rings (SSSR count). The zero-order valence-corrected chi connectivity index (χ0v) is 24.2. The topological polar surface area (TPSA) is 234 Å². The number of carbonyl (C=O) groups excluding carboxylic acids is 1. The van der Waals surface area contributed by atoms with Crippen molar-refractivity contribution < 1.29 is 54.0 Å². The summed E-state index contributed by atoms with van der Waals surface area (Å²) in [6.07, 6.45) is 3.78. The van der Waals surface area contributed by atoms with E-state index in [0.717, 1.165) is 0 Å². The Kier molecular flexibility index (Phi) is 10.2. The van der Waals surface area contributed by atoms with Crippen LogP contribution in [0.1, 0.15) is 75.0 Å². The van der Waals surface area contributed by atoms with Gasteiger partial charge in [-0.2, -0.15) is 0 Å². The Bertz CT molecular complexity index is 1550. The fourth-order valence-corrected chi connectivity index (χ4v) is 4.84. The zero-order valence-electron chi connectivity index (χ0n) is 24.2. The van der Waals surface area contributed by atoms with E-state index < -0.39 is 29.0 Å². The van der Waals surface area contributed by atoms with Crippen LogP contribution in [-0.4, -0.2) is 54.7 Å². The summed E-state index contributed by atoms with van der Waals surface area (Å²) in [5, 5.41) is 17.7. The number of carboxylic acids is 1. The minimum absolute atomic E-state index is 0. The molecule has 0 amide bonds. The van der Waals surface area contributed by atoms with E-state index in [9.17, 15) is 14.7 Å². The predicted molar refractivity (Wildman–Crippen MR) is 147 cm³/mol. The molecule has 1 fully saturated rings. The van der Waals surface area contributed by atoms with Crippen molar-refractivity contribution in [2.45, 2.75) is 70.6 Å². The van der Waals surface area contributed by atoms with Gasteiger partial charge in [0.05, 0.1) is 28.1 Å². The number of hydrogen-bond donors (Lipinski definition) is 2. The van der Waals surface area contributed by atoms with Gasteiger partial charge in [0.1, 0.15) is 23.3 Å². The van der Waals surface area contributed by atoms with E-state index in [2.05, 4.69) is 25.3 Å². The van der Waals surface area contributed by atoms with Gasteiger partial charge in [-0.05, 0) is 61.4 Å². The summed E-state index contributed by atoms with van der Waals surface area (Å²) in [6.45, 7) is 9.26.